The number of benzene rings is 2. The second-order valence-corrected chi connectivity index (χ2v) is 4.77. The number of carboxylic acid groups (broad SMARTS) is 1. The molecule has 2 aromatic rings. The molecule has 0 aliphatic rings. The number of rotatable bonds is 4. The van der Waals surface area contributed by atoms with E-state index in [9.17, 15) is 9.90 Å². The second-order valence-electron chi connectivity index (χ2n) is 4.36. The van der Waals surface area contributed by atoms with Crippen molar-refractivity contribution in [3.8, 4) is 16.9 Å². The van der Waals surface area contributed by atoms with Crippen LogP contribution in [0.5, 0.6) is 5.75 Å². The second kappa shape index (κ2) is 5.97. The molecule has 2 aromatic carbocycles. The summed E-state index contributed by atoms with van der Waals surface area (Å²) in [6, 6.07) is 10.6. The van der Waals surface area contributed by atoms with Gasteiger partial charge in [-0.2, -0.15) is 0 Å². The molecule has 1 N–H and O–H groups in total. The number of hydrogen-bond acceptors (Lipinski definition) is 2. The van der Waals surface area contributed by atoms with Crippen LogP contribution in [0.4, 0.5) is 0 Å². The molecule has 0 saturated carbocycles. The Morgan fingerprint density at radius 3 is 2.65 bits per heavy atom. The van der Waals surface area contributed by atoms with Gasteiger partial charge in [-0.1, -0.05) is 23.7 Å². The fraction of sp³-hybridized carbons (Fsp3) is 0.188. The van der Waals surface area contributed by atoms with Crippen molar-refractivity contribution in [3.63, 3.8) is 0 Å². The molecular formula is C16H15ClO3. The molecule has 0 fully saturated rings. The van der Waals surface area contributed by atoms with Gasteiger partial charge in [0.05, 0.1) is 12.2 Å². The molecule has 0 amide bonds. The van der Waals surface area contributed by atoms with Crippen molar-refractivity contribution < 1.29 is 14.6 Å². The van der Waals surface area contributed by atoms with Gasteiger partial charge in [-0.05, 0) is 49.2 Å². The average molecular weight is 291 g/mol. The molecule has 0 spiro atoms. The summed E-state index contributed by atoms with van der Waals surface area (Å²) in [5.74, 6) is -0.228. The van der Waals surface area contributed by atoms with Crippen LogP contribution in [-0.4, -0.2) is 17.7 Å². The third-order valence-corrected chi connectivity index (χ3v) is 3.43. The van der Waals surface area contributed by atoms with Gasteiger partial charge < -0.3 is 9.84 Å². The minimum absolute atomic E-state index is 0.278. The lowest BCUT2D eigenvalue weighted by atomic mass is 9.96. The highest BCUT2D eigenvalue weighted by Gasteiger charge is 2.14. The summed E-state index contributed by atoms with van der Waals surface area (Å²) in [6.07, 6.45) is 0. The number of aromatic carboxylic acids is 1. The van der Waals surface area contributed by atoms with Gasteiger partial charge in [0.15, 0.2) is 0 Å². The van der Waals surface area contributed by atoms with E-state index in [4.69, 9.17) is 16.3 Å². The van der Waals surface area contributed by atoms with Crippen molar-refractivity contribution in [2.24, 2.45) is 0 Å². The van der Waals surface area contributed by atoms with E-state index < -0.39 is 5.97 Å². The summed E-state index contributed by atoms with van der Waals surface area (Å²) < 4.78 is 5.47. The summed E-state index contributed by atoms with van der Waals surface area (Å²) in [7, 11) is 0. The fourth-order valence-corrected chi connectivity index (χ4v) is 2.35. The van der Waals surface area contributed by atoms with Gasteiger partial charge in [-0.15, -0.1) is 0 Å². The van der Waals surface area contributed by atoms with Crippen molar-refractivity contribution in [3.05, 3.63) is 52.5 Å². The molecular weight excluding hydrogens is 276 g/mol. The van der Waals surface area contributed by atoms with Gasteiger partial charge >= 0.3 is 5.97 Å². The van der Waals surface area contributed by atoms with Crippen LogP contribution in [0.3, 0.4) is 0 Å². The average Bonchev–Trinajstić information content (AvgIpc) is 2.41. The zero-order valence-electron chi connectivity index (χ0n) is 11.3. The third-order valence-electron chi connectivity index (χ3n) is 3.10. The first-order valence-electron chi connectivity index (χ1n) is 6.30. The summed E-state index contributed by atoms with van der Waals surface area (Å²) in [5.41, 5.74) is 2.55. The Hall–Kier alpha value is -2.00. The first-order valence-corrected chi connectivity index (χ1v) is 6.68. The molecule has 0 aromatic heterocycles. The minimum Gasteiger partial charge on any atom is -0.494 e. The highest BCUT2D eigenvalue weighted by atomic mass is 35.5. The zero-order valence-corrected chi connectivity index (χ0v) is 12.1. The van der Waals surface area contributed by atoms with Gasteiger partial charge in [0.2, 0.25) is 0 Å². The van der Waals surface area contributed by atoms with E-state index >= 15 is 0 Å². The highest BCUT2D eigenvalue weighted by molar-refractivity contribution is 6.33. The van der Waals surface area contributed by atoms with Crippen molar-refractivity contribution in [2.45, 2.75) is 13.8 Å². The van der Waals surface area contributed by atoms with Crippen LogP contribution in [0.1, 0.15) is 22.8 Å². The maximum atomic E-state index is 11.2. The van der Waals surface area contributed by atoms with Gasteiger partial charge in [-0.3, -0.25) is 0 Å². The first-order chi connectivity index (χ1) is 9.54. The van der Waals surface area contributed by atoms with E-state index in [0.29, 0.717) is 22.9 Å². The molecule has 0 heterocycles. The van der Waals surface area contributed by atoms with Crippen molar-refractivity contribution >= 4 is 17.6 Å². The largest absolute Gasteiger partial charge is 0.494 e. The lowest BCUT2D eigenvalue weighted by molar-refractivity contribution is 0.0696. The lowest BCUT2D eigenvalue weighted by Crippen LogP contribution is -2.01. The number of ether oxygens (including phenoxy) is 1. The number of carboxylic acids is 1. The van der Waals surface area contributed by atoms with Crippen LogP contribution in [0, 0.1) is 6.92 Å². The Balaban J connectivity index is 2.59. The first kappa shape index (κ1) is 14.4. The zero-order chi connectivity index (χ0) is 14.7. The molecule has 0 radical (unpaired) electrons. The summed E-state index contributed by atoms with van der Waals surface area (Å²) >= 11 is 6.23. The molecule has 0 aliphatic heterocycles. The molecule has 20 heavy (non-hydrogen) atoms. The quantitative estimate of drug-likeness (QED) is 0.907. The van der Waals surface area contributed by atoms with Gasteiger partial charge in [-0.25, -0.2) is 4.79 Å². The van der Waals surface area contributed by atoms with E-state index in [1.165, 1.54) is 0 Å². The molecule has 3 nitrogen and oxygen atoms in total. The number of halogens is 1. The van der Waals surface area contributed by atoms with Crippen LogP contribution in [0.15, 0.2) is 36.4 Å². The van der Waals surface area contributed by atoms with Gasteiger partial charge in [0, 0.05) is 10.6 Å². The Morgan fingerprint density at radius 1 is 1.25 bits per heavy atom. The summed E-state index contributed by atoms with van der Waals surface area (Å²) in [5, 5.41) is 9.76. The molecule has 0 unspecified atom stereocenters. The van der Waals surface area contributed by atoms with E-state index in [1.807, 2.05) is 19.1 Å². The van der Waals surface area contributed by atoms with Gasteiger partial charge in [0.25, 0.3) is 0 Å². The minimum atomic E-state index is -0.943. The molecule has 0 saturated heterocycles. The Kier molecular flexibility index (Phi) is 4.30. The Bertz CT molecular complexity index is 650. The molecule has 0 aliphatic carbocycles. The topological polar surface area (TPSA) is 46.5 Å². The third kappa shape index (κ3) is 2.78. The Labute approximate surface area is 122 Å². The van der Waals surface area contributed by atoms with E-state index in [0.717, 1.165) is 11.1 Å². The van der Waals surface area contributed by atoms with Crippen LogP contribution < -0.4 is 4.74 Å². The molecule has 104 valence electrons. The summed E-state index contributed by atoms with van der Waals surface area (Å²) in [4.78, 5) is 11.2. The SMILES string of the molecule is CCOc1ccc(Cl)c(-c2cccc(C(=O)O)c2C)c1. The molecule has 2 rings (SSSR count). The Morgan fingerprint density at radius 2 is 2.00 bits per heavy atom. The van der Waals surface area contributed by atoms with E-state index in [-0.39, 0.29) is 5.56 Å². The normalized spacial score (nSPS) is 10.3. The van der Waals surface area contributed by atoms with Crippen molar-refractivity contribution in [2.75, 3.05) is 6.61 Å². The lowest BCUT2D eigenvalue weighted by Gasteiger charge is -2.12. The maximum absolute atomic E-state index is 11.2. The van der Waals surface area contributed by atoms with Crippen LogP contribution in [0.25, 0.3) is 11.1 Å². The van der Waals surface area contributed by atoms with Crippen LogP contribution >= 0.6 is 11.6 Å². The maximum Gasteiger partial charge on any atom is 0.335 e. The predicted molar refractivity (Wildman–Crippen MR) is 79.8 cm³/mol. The predicted octanol–water partition coefficient (Wildman–Crippen LogP) is 4.41. The fourth-order valence-electron chi connectivity index (χ4n) is 2.13. The monoisotopic (exact) mass is 290 g/mol. The number of hydrogen-bond donors (Lipinski definition) is 1. The molecule has 4 heteroatoms. The van der Waals surface area contributed by atoms with Crippen molar-refractivity contribution in [1.82, 2.24) is 0 Å². The number of carbonyl (C=O) groups is 1. The molecule has 0 atom stereocenters. The molecule has 0 bridgehead atoms. The van der Waals surface area contributed by atoms with Gasteiger partial charge in [0.1, 0.15) is 5.75 Å². The van der Waals surface area contributed by atoms with Crippen LogP contribution in [-0.2, 0) is 0 Å². The smallest absolute Gasteiger partial charge is 0.335 e. The van der Waals surface area contributed by atoms with Crippen LogP contribution in [0.2, 0.25) is 5.02 Å². The highest BCUT2D eigenvalue weighted by Crippen LogP contribution is 2.34. The van der Waals surface area contributed by atoms with E-state index in [1.54, 1.807) is 31.2 Å². The summed E-state index contributed by atoms with van der Waals surface area (Å²) in [6.45, 7) is 4.25. The standard InChI is InChI=1S/C16H15ClO3/c1-3-20-11-7-8-15(17)14(9-11)12-5-4-6-13(10(12)2)16(18)19/h4-9H,3H2,1-2H3,(H,18,19). The van der Waals surface area contributed by atoms with Crippen molar-refractivity contribution in [1.29, 1.82) is 0 Å². The van der Waals surface area contributed by atoms with E-state index in [2.05, 4.69) is 0 Å².